The molecule has 4 atom stereocenters. The second-order valence-corrected chi connectivity index (χ2v) is 9.01. The lowest BCUT2D eigenvalue weighted by molar-refractivity contribution is -0.120. The van der Waals surface area contributed by atoms with Crippen LogP contribution in [0.2, 0.25) is 0 Å². The van der Waals surface area contributed by atoms with Crippen LogP contribution in [0.15, 0.2) is 91.0 Å². The Balaban J connectivity index is 0.00000245. The lowest BCUT2D eigenvalue weighted by Crippen LogP contribution is -2.39. The molecule has 1 unspecified atom stereocenters. The van der Waals surface area contributed by atoms with Crippen molar-refractivity contribution < 1.29 is 4.79 Å². The monoisotopic (exact) mass is 446 g/mol. The molecule has 166 valence electrons. The van der Waals surface area contributed by atoms with E-state index in [1.165, 1.54) is 11.1 Å². The number of hydrogen-bond donors (Lipinski definition) is 1. The standard InChI is InChI=1S/C28H30N2O.ClH/c31-28(27-17-26(27)22-12-6-2-7-13-22)30(25-14-8-3-9-15-25)20-24-19-29-18-23(24)16-21-10-4-1-5-11-21;/h1-15,23-24,26-27,29H,16-20H2;1H/t23-,24+,26-,27?;/m0./s1. The highest BCUT2D eigenvalue weighted by atomic mass is 35.5. The van der Waals surface area contributed by atoms with Gasteiger partial charge in [0.2, 0.25) is 5.91 Å². The van der Waals surface area contributed by atoms with Crippen molar-refractivity contribution in [3.8, 4) is 0 Å². The molecule has 0 radical (unpaired) electrons. The predicted molar refractivity (Wildman–Crippen MR) is 133 cm³/mol. The Morgan fingerprint density at radius 1 is 0.812 bits per heavy atom. The van der Waals surface area contributed by atoms with Crippen LogP contribution in [0.25, 0.3) is 0 Å². The number of nitrogens with one attached hydrogen (secondary N) is 1. The van der Waals surface area contributed by atoms with Crippen LogP contribution in [-0.2, 0) is 11.2 Å². The van der Waals surface area contributed by atoms with Crippen molar-refractivity contribution >= 4 is 24.0 Å². The van der Waals surface area contributed by atoms with E-state index in [9.17, 15) is 4.79 Å². The van der Waals surface area contributed by atoms with Crippen molar-refractivity contribution in [1.82, 2.24) is 5.32 Å². The second-order valence-electron chi connectivity index (χ2n) is 9.01. The number of hydrogen-bond acceptors (Lipinski definition) is 2. The SMILES string of the molecule is Cl.O=C(C1C[C@H]1c1ccccc1)N(C[C@H]1CNC[C@@H]1Cc1ccccc1)c1ccccc1. The topological polar surface area (TPSA) is 32.3 Å². The van der Waals surface area contributed by atoms with Gasteiger partial charge in [-0.25, -0.2) is 0 Å². The van der Waals surface area contributed by atoms with E-state index in [-0.39, 0.29) is 24.2 Å². The molecule has 0 spiro atoms. The maximum absolute atomic E-state index is 13.6. The first-order chi connectivity index (χ1) is 15.3. The third kappa shape index (κ3) is 5.06. The highest BCUT2D eigenvalue weighted by Crippen LogP contribution is 2.49. The van der Waals surface area contributed by atoms with Gasteiger partial charge < -0.3 is 10.2 Å². The zero-order valence-electron chi connectivity index (χ0n) is 18.3. The van der Waals surface area contributed by atoms with Gasteiger partial charge in [-0.15, -0.1) is 12.4 Å². The third-order valence-electron chi connectivity index (χ3n) is 6.91. The average Bonchev–Trinajstić information content (AvgIpc) is 3.52. The van der Waals surface area contributed by atoms with Crippen molar-refractivity contribution in [2.24, 2.45) is 17.8 Å². The van der Waals surface area contributed by atoms with E-state index in [0.717, 1.165) is 38.2 Å². The molecule has 2 fully saturated rings. The maximum Gasteiger partial charge on any atom is 0.230 e. The number of amides is 1. The summed E-state index contributed by atoms with van der Waals surface area (Å²) in [5, 5.41) is 3.58. The van der Waals surface area contributed by atoms with Crippen LogP contribution in [-0.4, -0.2) is 25.5 Å². The molecule has 1 saturated heterocycles. The molecule has 1 saturated carbocycles. The molecule has 3 nitrogen and oxygen atoms in total. The van der Waals surface area contributed by atoms with Crippen molar-refractivity contribution in [3.05, 3.63) is 102 Å². The summed E-state index contributed by atoms with van der Waals surface area (Å²) < 4.78 is 0. The summed E-state index contributed by atoms with van der Waals surface area (Å²) in [7, 11) is 0. The zero-order valence-corrected chi connectivity index (χ0v) is 19.1. The number of benzene rings is 3. The molecule has 1 aliphatic heterocycles. The summed E-state index contributed by atoms with van der Waals surface area (Å²) >= 11 is 0. The van der Waals surface area contributed by atoms with Crippen LogP contribution in [0.1, 0.15) is 23.5 Å². The fraction of sp³-hybridized carbons (Fsp3) is 0.321. The molecule has 0 bridgehead atoms. The molecule has 3 aromatic carbocycles. The summed E-state index contributed by atoms with van der Waals surface area (Å²) in [5.41, 5.74) is 3.69. The van der Waals surface area contributed by atoms with E-state index < -0.39 is 0 Å². The Bertz CT molecular complexity index is 996. The molecule has 32 heavy (non-hydrogen) atoms. The van der Waals surface area contributed by atoms with E-state index >= 15 is 0 Å². The molecule has 1 N–H and O–H groups in total. The largest absolute Gasteiger partial charge is 0.316 e. The van der Waals surface area contributed by atoms with Crippen LogP contribution in [0.4, 0.5) is 5.69 Å². The summed E-state index contributed by atoms with van der Waals surface area (Å²) in [4.78, 5) is 15.7. The molecule has 5 rings (SSSR count). The number of halogens is 1. The molecule has 2 aliphatic rings. The summed E-state index contributed by atoms with van der Waals surface area (Å²) in [6.07, 6.45) is 2.02. The van der Waals surface area contributed by atoms with Gasteiger partial charge in [0.1, 0.15) is 0 Å². The van der Waals surface area contributed by atoms with Gasteiger partial charge in [0, 0.05) is 18.2 Å². The Kier molecular flexibility index (Phi) is 7.29. The number of nitrogens with zero attached hydrogens (tertiary/aromatic N) is 1. The minimum Gasteiger partial charge on any atom is -0.316 e. The van der Waals surface area contributed by atoms with Gasteiger partial charge in [-0.2, -0.15) is 0 Å². The number of carbonyl (C=O) groups excluding carboxylic acids is 1. The van der Waals surface area contributed by atoms with Crippen LogP contribution in [0, 0.1) is 17.8 Å². The number of rotatable bonds is 7. The van der Waals surface area contributed by atoms with E-state index in [4.69, 9.17) is 0 Å². The minimum atomic E-state index is 0. The fourth-order valence-corrected chi connectivity index (χ4v) is 5.06. The van der Waals surface area contributed by atoms with Crippen LogP contribution in [0.3, 0.4) is 0 Å². The van der Waals surface area contributed by atoms with Crippen molar-refractivity contribution in [1.29, 1.82) is 0 Å². The fourth-order valence-electron chi connectivity index (χ4n) is 5.06. The molecule has 3 aromatic rings. The number of carbonyl (C=O) groups is 1. The van der Waals surface area contributed by atoms with E-state index in [0.29, 0.717) is 17.8 Å². The molecule has 1 heterocycles. The summed E-state index contributed by atoms with van der Waals surface area (Å²) in [6.45, 7) is 2.78. The van der Waals surface area contributed by atoms with Crippen LogP contribution in [0.5, 0.6) is 0 Å². The van der Waals surface area contributed by atoms with Crippen LogP contribution < -0.4 is 10.2 Å². The van der Waals surface area contributed by atoms with Gasteiger partial charge in [0.15, 0.2) is 0 Å². The number of anilines is 1. The van der Waals surface area contributed by atoms with Crippen LogP contribution >= 0.6 is 12.4 Å². The molecular formula is C28H31ClN2O. The average molecular weight is 447 g/mol. The van der Waals surface area contributed by atoms with Gasteiger partial charge in [0.05, 0.1) is 0 Å². The highest BCUT2D eigenvalue weighted by molar-refractivity contribution is 5.97. The van der Waals surface area contributed by atoms with Crippen molar-refractivity contribution in [2.45, 2.75) is 18.8 Å². The third-order valence-corrected chi connectivity index (χ3v) is 6.91. The quantitative estimate of drug-likeness (QED) is 0.532. The van der Waals surface area contributed by atoms with E-state index in [1.54, 1.807) is 0 Å². The highest BCUT2D eigenvalue weighted by Gasteiger charge is 2.46. The first kappa shape index (κ1) is 22.6. The first-order valence-electron chi connectivity index (χ1n) is 11.5. The second kappa shape index (κ2) is 10.3. The van der Waals surface area contributed by atoms with Gasteiger partial charge in [-0.1, -0.05) is 78.9 Å². The smallest absolute Gasteiger partial charge is 0.230 e. The Labute approximate surface area is 197 Å². The van der Waals surface area contributed by atoms with Gasteiger partial charge >= 0.3 is 0 Å². The predicted octanol–water partition coefficient (Wildman–Crippen LogP) is 5.32. The normalized spacial score (nSPS) is 23.9. The lowest BCUT2D eigenvalue weighted by Gasteiger charge is -2.29. The van der Waals surface area contributed by atoms with Crippen molar-refractivity contribution in [3.63, 3.8) is 0 Å². The Hall–Kier alpha value is -2.62. The maximum atomic E-state index is 13.6. The molecule has 0 aromatic heterocycles. The minimum absolute atomic E-state index is 0. The summed E-state index contributed by atoms with van der Waals surface area (Å²) in [5.74, 6) is 1.75. The van der Waals surface area contributed by atoms with Gasteiger partial charge in [-0.05, 0) is 66.9 Å². The molecule has 4 heteroatoms. The van der Waals surface area contributed by atoms with Gasteiger partial charge in [0.25, 0.3) is 0 Å². The first-order valence-corrected chi connectivity index (χ1v) is 11.5. The zero-order chi connectivity index (χ0) is 21.0. The Morgan fingerprint density at radius 2 is 1.41 bits per heavy atom. The Morgan fingerprint density at radius 3 is 2.09 bits per heavy atom. The van der Waals surface area contributed by atoms with E-state index in [1.807, 2.05) is 24.3 Å². The number of para-hydroxylation sites is 1. The summed E-state index contributed by atoms with van der Waals surface area (Å²) in [6, 6.07) is 31.5. The molecule has 1 amide bonds. The molecule has 1 aliphatic carbocycles. The lowest BCUT2D eigenvalue weighted by atomic mass is 9.89. The molecular weight excluding hydrogens is 416 g/mol. The van der Waals surface area contributed by atoms with E-state index in [2.05, 4.69) is 76.9 Å². The van der Waals surface area contributed by atoms with Crippen molar-refractivity contribution in [2.75, 3.05) is 24.5 Å². The van der Waals surface area contributed by atoms with Gasteiger partial charge in [-0.3, -0.25) is 4.79 Å².